The Balaban J connectivity index is 2.18. The molecule has 20 heavy (non-hydrogen) atoms. The molecule has 2 aromatic rings. The van der Waals surface area contributed by atoms with Crippen LogP contribution in [0.5, 0.6) is 5.75 Å². The average Bonchev–Trinajstić information content (AvgIpc) is 2.80. The smallest absolute Gasteiger partial charge is 0.263 e. The molecule has 0 fully saturated rings. The maximum Gasteiger partial charge on any atom is 0.263 e. The van der Waals surface area contributed by atoms with Crippen LogP contribution in [0.25, 0.3) is 0 Å². The largest absolute Gasteiger partial charge is 0.496 e. The molecular formula is C15H11N3O2. The number of nitriles is 1. The molecular weight excluding hydrogens is 254 g/mol. The van der Waals surface area contributed by atoms with Crippen molar-refractivity contribution in [2.24, 2.45) is 0 Å². The normalized spacial score (nSPS) is 16.7. The molecule has 1 aliphatic heterocycles. The van der Waals surface area contributed by atoms with Gasteiger partial charge in [-0.2, -0.15) is 5.26 Å². The van der Waals surface area contributed by atoms with Crippen LogP contribution in [0.3, 0.4) is 0 Å². The molecule has 5 nitrogen and oxygen atoms in total. The summed E-state index contributed by atoms with van der Waals surface area (Å²) >= 11 is 0. The maximum absolute atomic E-state index is 12.6. The first-order valence-corrected chi connectivity index (χ1v) is 6.08. The number of nitrogens with zero attached hydrogens (tertiary/aromatic N) is 3. The Morgan fingerprint density at radius 3 is 2.85 bits per heavy atom. The topological polar surface area (TPSA) is 66.2 Å². The molecule has 1 aromatic carbocycles. The van der Waals surface area contributed by atoms with E-state index in [9.17, 15) is 10.1 Å². The molecule has 98 valence electrons. The summed E-state index contributed by atoms with van der Waals surface area (Å²) in [5.74, 6) is 0.246. The van der Waals surface area contributed by atoms with E-state index in [4.69, 9.17) is 4.74 Å². The minimum Gasteiger partial charge on any atom is -0.496 e. The molecule has 0 saturated carbocycles. The number of hydrogen-bond acceptors (Lipinski definition) is 4. The van der Waals surface area contributed by atoms with Gasteiger partial charge in [-0.15, -0.1) is 0 Å². The molecule has 1 unspecified atom stereocenters. The molecule has 0 radical (unpaired) electrons. The second-order valence-electron chi connectivity index (χ2n) is 4.34. The van der Waals surface area contributed by atoms with Crippen LogP contribution in [-0.4, -0.2) is 18.0 Å². The second kappa shape index (κ2) is 4.67. The van der Waals surface area contributed by atoms with Crippen LogP contribution >= 0.6 is 0 Å². The minimum atomic E-state index is -0.656. The predicted octanol–water partition coefficient (Wildman–Crippen LogP) is 2.32. The van der Waals surface area contributed by atoms with E-state index in [0.29, 0.717) is 22.6 Å². The Bertz CT molecular complexity index is 707. The summed E-state index contributed by atoms with van der Waals surface area (Å²) in [7, 11) is 1.51. The van der Waals surface area contributed by atoms with Crippen molar-refractivity contribution >= 4 is 11.6 Å². The fourth-order valence-corrected chi connectivity index (χ4v) is 2.44. The first kappa shape index (κ1) is 12.2. The minimum absolute atomic E-state index is 0.239. The Hall–Kier alpha value is -2.87. The van der Waals surface area contributed by atoms with E-state index >= 15 is 0 Å². The van der Waals surface area contributed by atoms with Gasteiger partial charge in [0.25, 0.3) is 5.91 Å². The van der Waals surface area contributed by atoms with Crippen LogP contribution in [-0.2, 0) is 0 Å². The van der Waals surface area contributed by atoms with Gasteiger partial charge >= 0.3 is 0 Å². The first-order chi connectivity index (χ1) is 9.77. The number of rotatable bonds is 2. The Labute approximate surface area is 116 Å². The number of amides is 1. The highest BCUT2D eigenvalue weighted by Crippen LogP contribution is 2.40. The molecule has 0 N–H and O–H groups in total. The summed E-state index contributed by atoms with van der Waals surface area (Å²) in [6.07, 6.45) is 3.19. The highest BCUT2D eigenvalue weighted by atomic mass is 16.5. The van der Waals surface area contributed by atoms with Gasteiger partial charge in [-0.25, -0.2) is 0 Å². The number of fused-ring (bicyclic) bond motifs is 1. The van der Waals surface area contributed by atoms with Gasteiger partial charge in [0, 0.05) is 11.8 Å². The molecule has 1 aromatic heterocycles. The van der Waals surface area contributed by atoms with Gasteiger partial charge < -0.3 is 4.74 Å². The molecule has 0 aliphatic carbocycles. The van der Waals surface area contributed by atoms with Crippen molar-refractivity contribution in [3.05, 3.63) is 53.9 Å². The summed E-state index contributed by atoms with van der Waals surface area (Å²) in [6.45, 7) is 0. The SMILES string of the molecule is COc1cccc2c1C(=O)N(c1cccnc1)C2C#N. The lowest BCUT2D eigenvalue weighted by atomic mass is 10.0. The lowest BCUT2D eigenvalue weighted by Gasteiger charge is -2.19. The first-order valence-electron chi connectivity index (χ1n) is 6.08. The molecule has 1 aliphatic rings. The van der Waals surface area contributed by atoms with Crippen molar-refractivity contribution in [1.82, 2.24) is 4.98 Å². The van der Waals surface area contributed by atoms with Gasteiger partial charge in [0.15, 0.2) is 6.04 Å². The van der Waals surface area contributed by atoms with Crippen molar-refractivity contribution in [3.8, 4) is 11.8 Å². The van der Waals surface area contributed by atoms with Gasteiger partial charge in [0.2, 0.25) is 0 Å². The molecule has 3 rings (SSSR count). The van der Waals surface area contributed by atoms with Crippen LogP contribution in [0.1, 0.15) is 22.0 Å². The molecule has 0 spiro atoms. The fraction of sp³-hybridized carbons (Fsp3) is 0.133. The number of anilines is 1. The zero-order valence-corrected chi connectivity index (χ0v) is 10.8. The van der Waals surface area contributed by atoms with Gasteiger partial charge in [0.1, 0.15) is 5.75 Å². The van der Waals surface area contributed by atoms with Crippen LogP contribution in [0, 0.1) is 11.3 Å². The number of hydrogen-bond donors (Lipinski definition) is 0. The number of ether oxygens (including phenoxy) is 1. The maximum atomic E-state index is 12.6. The van der Waals surface area contributed by atoms with Gasteiger partial charge in [0.05, 0.1) is 30.6 Å². The monoisotopic (exact) mass is 265 g/mol. The predicted molar refractivity (Wildman–Crippen MR) is 72.4 cm³/mol. The fourth-order valence-electron chi connectivity index (χ4n) is 2.44. The third-order valence-electron chi connectivity index (χ3n) is 3.31. The average molecular weight is 265 g/mol. The van der Waals surface area contributed by atoms with Crippen molar-refractivity contribution in [3.63, 3.8) is 0 Å². The number of carbonyl (C=O) groups excluding carboxylic acids is 1. The standard InChI is InChI=1S/C15H11N3O2/c1-20-13-6-2-5-11-12(8-16)18(15(19)14(11)13)10-4-3-7-17-9-10/h2-7,9,12H,1H3. The molecule has 5 heteroatoms. The molecule has 1 amide bonds. The summed E-state index contributed by atoms with van der Waals surface area (Å²) in [6, 6.07) is 10.3. The highest BCUT2D eigenvalue weighted by Gasteiger charge is 2.40. The van der Waals surface area contributed by atoms with E-state index in [1.54, 1.807) is 42.7 Å². The Morgan fingerprint density at radius 1 is 1.35 bits per heavy atom. The molecule has 0 saturated heterocycles. The summed E-state index contributed by atoms with van der Waals surface area (Å²) in [4.78, 5) is 18.1. The quantitative estimate of drug-likeness (QED) is 0.835. The van der Waals surface area contributed by atoms with E-state index in [2.05, 4.69) is 11.1 Å². The summed E-state index contributed by atoms with van der Waals surface area (Å²) in [5, 5.41) is 9.42. The van der Waals surface area contributed by atoms with E-state index in [-0.39, 0.29) is 5.91 Å². The third kappa shape index (κ3) is 1.62. The summed E-state index contributed by atoms with van der Waals surface area (Å²) < 4.78 is 5.23. The third-order valence-corrected chi connectivity index (χ3v) is 3.31. The zero-order valence-electron chi connectivity index (χ0n) is 10.8. The van der Waals surface area contributed by atoms with Crippen molar-refractivity contribution in [2.45, 2.75) is 6.04 Å². The van der Waals surface area contributed by atoms with E-state index in [1.807, 2.05) is 0 Å². The van der Waals surface area contributed by atoms with Crippen LogP contribution in [0.2, 0.25) is 0 Å². The van der Waals surface area contributed by atoms with Crippen molar-refractivity contribution < 1.29 is 9.53 Å². The lowest BCUT2D eigenvalue weighted by molar-refractivity contribution is 0.0992. The van der Waals surface area contributed by atoms with E-state index < -0.39 is 6.04 Å². The number of aromatic nitrogens is 1. The van der Waals surface area contributed by atoms with Crippen LogP contribution in [0.15, 0.2) is 42.7 Å². The van der Waals surface area contributed by atoms with Gasteiger partial charge in [-0.1, -0.05) is 12.1 Å². The number of methoxy groups -OCH3 is 1. The summed E-state index contributed by atoms with van der Waals surface area (Å²) in [5.41, 5.74) is 1.72. The number of pyridine rings is 1. The Kier molecular flexibility index (Phi) is 2.84. The second-order valence-corrected chi connectivity index (χ2v) is 4.34. The van der Waals surface area contributed by atoms with Gasteiger partial charge in [-0.05, 0) is 18.2 Å². The van der Waals surface area contributed by atoms with E-state index in [0.717, 1.165) is 0 Å². The van der Waals surface area contributed by atoms with E-state index in [1.165, 1.54) is 12.0 Å². The Morgan fingerprint density at radius 2 is 2.20 bits per heavy atom. The highest BCUT2D eigenvalue weighted by molar-refractivity contribution is 6.13. The number of benzene rings is 1. The van der Waals surface area contributed by atoms with Gasteiger partial charge in [-0.3, -0.25) is 14.7 Å². The molecule has 2 heterocycles. The lowest BCUT2D eigenvalue weighted by Crippen LogP contribution is -2.27. The van der Waals surface area contributed by atoms with Crippen molar-refractivity contribution in [2.75, 3.05) is 12.0 Å². The zero-order chi connectivity index (χ0) is 14.1. The van der Waals surface area contributed by atoms with Crippen LogP contribution < -0.4 is 9.64 Å². The van der Waals surface area contributed by atoms with Crippen LogP contribution in [0.4, 0.5) is 5.69 Å². The molecule has 0 bridgehead atoms. The molecule has 1 atom stereocenters. The number of carbonyl (C=O) groups is 1. The van der Waals surface area contributed by atoms with Crippen molar-refractivity contribution in [1.29, 1.82) is 5.26 Å².